The van der Waals surface area contributed by atoms with Crippen molar-refractivity contribution in [3.63, 3.8) is 0 Å². The molecule has 0 spiro atoms. The summed E-state index contributed by atoms with van der Waals surface area (Å²) >= 11 is 0. The fourth-order valence-electron chi connectivity index (χ4n) is 9.51. The van der Waals surface area contributed by atoms with Crippen molar-refractivity contribution >= 4 is 45.7 Å². The Morgan fingerprint density at radius 2 is 1.06 bits per heavy atom. The molecule has 1 heterocycles. The van der Waals surface area contributed by atoms with E-state index in [1.165, 1.54) is 77.7 Å². The summed E-state index contributed by atoms with van der Waals surface area (Å²) in [7, 11) is 0. The molecule has 70 heavy (non-hydrogen) atoms. The van der Waals surface area contributed by atoms with E-state index in [0.717, 1.165) is 41.3 Å². The molecule has 0 saturated heterocycles. The van der Waals surface area contributed by atoms with Gasteiger partial charge in [0.25, 0.3) is 0 Å². The summed E-state index contributed by atoms with van der Waals surface area (Å²) in [5, 5.41) is 1.25. The fourth-order valence-corrected chi connectivity index (χ4v) is 9.51. The van der Waals surface area contributed by atoms with Crippen LogP contribution in [0.2, 0.25) is 0 Å². The molecule has 0 saturated carbocycles. The molecule has 2 heteroatoms. The van der Waals surface area contributed by atoms with Gasteiger partial charge in [-0.1, -0.05) is 202 Å². The van der Waals surface area contributed by atoms with Gasteiger partial charge in [-0.25, -0.2) is 0 Å². The Morgan fingerprint density at radius 3 is 1.67 bits per heavy atom. The Labute approximate surface area is 416 Å². The summed E-state index contributed by atoms with van der Waals surface area (Å²) in [6, 6.07) is 82.5. The minimum atomic E-state index is 0.535. The van der Waals surface area contributed by atoms with E-state index in [0.29, 0.717) is 5.92 Å². The van der Waals surface area contributed by atoms with E-state index in [-0.39, 0.29) is 0 Å². The maximum Gasteiger partial charge on any atom is 0.0541 e. The van der Waals surface area contributed by atoms with Gasteiger partial charge in [0, 0.05) is 33.7 Å². The lowest BCUT2D eigenvalue weighted by Gasteiger charge is -2.26. The molecular formula is C68H62N2. The molecule has 0 radical (unpaired) electrons. The van der Waals surface area contributed by atoms with Crippen LogP contribution >= 0.6 is 0 Å². The van der Waals surface area contributed by atoms with Crippen molar-refractivity contribution in [2.75, 3.05) is 4.90 Å². The van der Waals surface area contributed by atoms with Crippen LogP contribution in [0, 0.1) is 13.8 Å². The van der Waals surface area contributed by atoms with Gasteiger partial charge in [0.15, 0.2) is 0 Å². The van der Waals surface area contributed by atoms with Crippen LogP contribution < -0.4 is 4.90 Å². The summed E-state index contributed by atoms with van der Waals surface area (Å²) in [6.07, 6.45) is 6.42. The highest BCUT2D eigenvalue weighted by Gasteiger charge is 2.17. The average molecular weight is 907 g/mol. The number of rotatable bonds is 13. The molecule has 0 bridgehead atoms. The average Bonchev–Trinajstić information content (AvgIpc) is 3.73. The number of allylic oxidation sites excluding steroid dienone is 1. The van der Waals surface area contributed by atoms with Gasteiger partial charge in [-0.15, -0.1) is 0 Å². The molecule has 1 unspecified atom stereocenters. The predicted molar refractivity (Wildman–Crippen MR) is 303 cm³/mol. The molecule has 0 aliphatic carbocycles. The summed E-state index contributed by atoms with van der Waals surface area (Å²) in [4.78, 5) is 2.31. The van der Waals surface area contributed by atoms with E-state index in [2.05, 4.69) is 287 Å². The second-order valence-corrected chi connectivity index (χ2v) is 18.3. The first kappa shape index (κ1) is 46.9. The lowest BCUT2D eigenvalue weighted by molar-refractivity contribution is 0.731. The fraction of sp³-hybridized carbons (Fsp3) is 0.118. The van der Waals surface area contributed by atoms with Crippen molar-refractivity contribution in [2.24, 2.45) is 0 Å². The molecule has 344 valence electrons. The van der Waals surface area contributed by atoms with Gasteiger partial charge in [-0.2, -0.15) is 0 Å². The van der Waals surface area contributed by atoms with Gasteiger partial charge < -0.3 is 9.47 Å². The molecule has 10 rings (SSSR count). The number of aromatic nitrogens is 1. The Morgan fingerprint density at radius 1 is 0.543 bits per heavy atom. The minimum absolute atomic E-state index is 0.535. The second kappa shape index (κ2) is 21.8. The maximum atomic E-state index is 4.18. The van der Waals surface area contributed by atoms with E-state index in [1.54, 1.807) is 0 Å². The molecule has 2 nitrogen and oxygen atoms in total. The number of anilines is 3. The van der Waals surface area contributed by atoms with E-state index in [9.17, 15) is 0 Å². The highest BCUT2D eigenvalue weighted by Crippen LogP contribution is 2.38. The Balaban J connectivity index is 0.000000179. The molecule has 10 aromatic rings. The lowest BCUT2D eigenvalue weighted by Crippen LogP contribution is -2.09. The standard InChI is InChI=1S/C38H31N.C30H31N/c1-29-10-8-9-13-35(29)28-30-16-18-32(19-17-30)34-22-26-38(27-23-34)39(36-14-6-3-7-15-36)37-24-20-33(21-25-37)31-11-4-2-5-12-31;1-6-22(4)25-12-8-9-13-26(25)23(5)20-28-27-14-10-11-15-30(27)31(29(28)7-2)24-18-16-21(3)17-19-24/h2-27H,28H2,1H3;7-20,22H,2,6H2,1,3-5H3/b;23-20+. The van der Waals surface area contributed by atoms with Gasteiger partial charge in [-0.3, -0.25) is 0 Å². The third kappa shape index (κ3) is 10.4. The first-order valence-corrected chi connectivity index (χ1v) is 24.6. The summed E-state index contributed by atoms with van der Waals surface area (Å²) in [5.41, 5.74) is 22.4. The van der Waals surface area contributed by atoms with E-state index in [1.807, 2.05) is 6.08 Å². The lowest BCUT2D eigenvalue weighted by atomic mass is 9.89. The maximum absolute atomic E-state index is 4.18. The van der Waals surface area contributed by atoms with Crippen molar-refractivity contribution in [3.05, 3.63) is 282 Å². The zero-order valence-electron chi connectivity index (χ0n) is 41.2. The quantitative estimate of drug-likeness (QED) is 0.112. The zero-order valence-corrected chi connectivity index (χ0v) is 41.2. The van der Waals surface area contributed by atoms with E-state index in [4.69, 9.17) is 0 Å². The van der Waals surface area contributed by atoms with Crippen molar-refractivity contribution < 1.29 is 0 Å². The number of para-hydroxylation sites is 2. The van der Waals surface area contributed by atoms with E-state index < -0.39 is 0 Å². The Hall–Kier alpha value is -8.20. The molecule has 0 aliphatic heterocycles. The van der Waals surface area contributed by atoms with E-state index >= 15 is 0 Å². The largest absolute Gasteiger partial charge is 0.311 e. The third-order valence-electron chi connectivity index (χ3n) is 13.6. The molecule has 0 fully saturated rings. The van der Waals surface area contributed by atoms with Gasteiger partial charge in [-0.05, 0) is 162 Å². The van der Waals surface area contributed by atoms with Crippen LogP contribution in [0.1, 0.15) is 77.7 Å². The first-order chi connectivity index (χ1) is 34.3. The number of hydrogen-bond acceptors (Lipinski definition) is 1. The summed E-state index contributed by atoms with van der Waals surface area (Å²) in [5.74, 6) is 0.535. The van der Waals surface area contributed by atoms with Crippen LogP contribution in [0.25, 0.3) is 56.6 Å². The smallest absolute Gasteiger partial charge is 0.0541 e. The van der Waals surface area contributed by atoms with Crippen LogP contribution in [-0.4, -0.2) is 4.57 Å². The molecule has 9 aromatic carbocycles. The normalized spacial score (nSPS) is 11.7. The Bertz CT molecular complexity index is 3340. The highest BCUT2D eigenvalue weighted by molar-refractivity contribution is 5.99. The summed E-state index contributed by atoms with van der Waals surface area (Å²) < 4.78 is 2.32. The molecular weight excluding hydrogens is 845 g/mol. The van der Waals surface area contributed by atoms with Crippen LogP contribution in [0.3, 0.4) is 0 Å². The molecule has 0 aliphatic rings. The predicted octanol–water partition coefficient (Wildman–Crippen LogP) is 19.0. The zero-order chi connectivity index (χ0) is 48.4. The topological polar surface area (TPSA) is 8.17 Å². The van der Waals surface area contributed by atoms with Gasteiger partial charge in [0.05, 0.1) is 11.2 Å². The molecule has 0 N–H and O–H groups in total. The molecule has 1 atom stereocenters. The van der Waals surface area contributed by atoms with Crippen molar-refractivity contribution in [1.82, 2.24) is 4.57 Å². The SMILES string of the molecule is C=Cc1c(/C=C(\C)c2ccccc2C(C)CC)c2ccccc2n1-c1ccc(C)cc1.Cc1ccccc1Cc1ccc(-c2ccc(N(c3ccccc3)c3ccc(-c4ccccc4)cc3)cc2)cc1. The van der Waals surface area contributed by atoms with Crippen LogP contribution in [0.5, 0.6) is 0 Å². The second-order valence-electron chi connectivity index (χ2n) is 18.3. The van der Waals surface area contributed by atoms with Crippen molar-refractivity contribution in [3.8, 4) is 27.9 Å². The number of hydrogen-bond donors (Lipinski definition) is 0. The van der Waals surface area contributed by atoms with Crippen LogP contribution in [-0.2, 0) is 6.42 Å². The third-order valence-corrected chi connectivity index (χ3v) is 13.6. The summed E-state index contributed by atoms with van der Waals surface area (Å²) in [6.45, 7) is 15.3. The first-order valence-electron chi connectivity index (χ1n) is 24.6. The monoisotopic (exact) mass is 906 g/mol. The molecule has 0 amide bonds. The minimum Gasteiger partial charge on any atom is -0.311 e. The van der Waals surface area contributed by atoms with Crippen LogP contribution in [0.15, 0.2) is 237 Å². The number of fused-ring (bicyclic) bond motifs is 1. The molecule has 1 aromatic heterocycles. The van der Waals surface area contributed by atoms with Crippen molar-refractivity contribution in [1.29, 1.82) is 0 Å². The number of benzene rings is 9. The number of aryl methyl sites for hydroxylation is 2. The van der Waals surface area contributed by atoms with Gasteiger partial charge in [0.2, 0.25) is 0 Å². The van der Waals surface area contributed by atoms with Crippen LogP contribution in [0.4, 0.5) is 17.1 Å². The highest BCUT2D eigenvalue weighted by atomic mass is 15.1. The van der Waals surface area contributed by atoms with Gasteiger partial charge in [0.1, 0.15) is 0 Å². The van der Waals surface area contributed by atoms with Gasteiger partial charge >= 0.3 is 0 Å². The number of nitrogens with zero attached hydrogens (tertiary/aromatic N) is 2. The van der Waals surface area contributed by atoms with Crippen molar-refractivity contribution in [2.45, 2.75) is 53.4 Å². The Kier molecular flexibility index (Phi) is 14.6.